The molecule has 1 rings (SSSR count). The van der Waals surface area contributed by atoms with Crippen LogP contribution in [0.2, 0.25) is 0 Å². The summed E-state index contributed by atoms with van der Waals surface area (Å²) in [5, 5.41) is 6.63. The van der Waals surface area contributed by atoms with Crippen LogP contribution in [0.25, 0.3) is 0 Å². The molecule has 4 N–H and O–H groups in total. The Morgan fingerprint density at radius 3 is 2.40 bits per heavy atom. The first kappa shape index (κ1) is 23.5. The van der Waals surface area contributed by atoms with Crippen LogP contribution < -0.4 is 21.1 Å². The van der Waals surface area contributed by atoms with Gasteiger partial charge in [0.2, 0.25) is 0 Å². The number of carbonyl (C=O) groups excluding carboxylic acids is 1. The minimum atomic E-state index is -0.476. The van der Waals surface area contributed by atoms with Crippen molar-refractivity contribution in [1.82, 2.24) is 10.6 Å². The summed E-state index contributed by atoms with van der Waals surface area (Å²) in [6.45, 7) is 6.10. The molecule has 1 amide bonds. The third kappa shape index (κ3) is 11.6. The van der Waals surface area contributed by atoms with Crippen LogP contribution >= 0.6 is 24.0 Å². The van der Waals surface area contributed by atoms with E-state index in [9.17, 15) is 4.79 Å². The Balaban J connectivity index is 0.00000576. The van der Waals surface area contributed by atoms with Crippen LogP contribution in [0.5, 0.6) is 5.75 Å². The Morgan fingerprint density at radius 2 is 1.84 bits per heavy atom. The van der Waals surface area contributed by atoms with Crippen molar-refractivity contribution in [2.75, 3.05) is 26.7 Å². The fourth-order valence-electron chi connectivity index (χ4n) is 2.17. The van der Waals surface area contributed by atoms with Crippen molar-refractivity contribution in [3.63, 3.8) is 0 Å². The molecule has 0 heterocycles. The van der Waals surface area contributed by atoms with Gasteiger partial charge in [-0.15, -0.1) is 24.0 Å². The summed E-state index contributed by atoms with van der Waals surface area (Å²) in [6.07, 6.45) is 3.24. The number of ether oxygens (including phenoxy) is 1. The molecule has 0 aliphatic carbocycles. The molecule has 0 bridgehead atoms. The number of rotatable bonds is 10. The highest BCUT2D eigenvalue weighted by Gasteiger charge is 2.01. The highest BCUT2D eigenvalue weighted by atomic mass is 127. The molecule has 7 heteroatoms. The Bertz CT molecular complexity index is 518. The zero-order valence-electron chi connectivity index (χ0n) is 15.4. The second kappa shape index (κ2) is 13.7. The number of halogens is 1. The van der Waals surface area contributed by atoms with Gasteiger partial charge in [0.05, 0.1) is 0 Å². The number of nitrogens with two attached hydrogens (primary N) is 1. The van der Waals surface area contributed by atoms with Crippen LogP contribution in [0.1, 0.15) is 32.3 Å². The van der Waals surface area contributed by atoms with Gasteiger partial charge in [-0.3, -0.25) is 9.79 Å². The van der Waals surface area contributed by atoms with E-state index in [1.807, 2.05) is 24.3 Å². The third-order valence-corrected chi connectivity index (χ3v) is 3.48. The van der Waals surface area contributed by atoms with Gasteiger partial charge >= 0.3 is 0 Å². The predicted octanol–water partition coefficient (Wildman–Crippen LogP) is 2.31. The van der Waals surface area contributed by atoms with Crippen LogP contribution in [0.15, 0.2) is 29.3 Å². The molecule has 0 atom stereocenters. The van der Waals surface area contributed by atoms with Gasteiger partial charge in [-0.1, -0.05) is 26.0 Å². The number of benzene rings is 1. The summed E-state index contributed by atoms with van der Waals surface area (Å²) in [5.41, 5.74) is 6.23. The van der Waals surface area contributed by atoms with E-state index in [1.165, 1.54) is 12.0 Å². The number of guanidine groups is 1. The van der Waals surface area contributed by atoms with Crippen LogP contribution in [0.4, 0.5) is 0 Å². The molecule has 1 aromatic rings. The van der Waals surface area contributed by atoms with E-state index < -0.39 is 5.91 Å². The number of nitrogens with zero attached hydrogens (tertiary/aromatic N) is 1. The molecule has 6 nitrogen and oxygen atoms in total. The number of aliphatic imine (C=N–C) groups is 1. The van der Waals surface area contributed by atoms with E-state index in [0.717, 1.165) is 37.8 Å². The van der Waals surface area contributed by atoms with Gasteiger partial charge in [-0.2, -0.15) is 0 Å². The van der Waals surface area contributed by atoms with Crippen molar-refractivity contribution in [2.24, 2.45) is 16.6 Å². The van der Waals surface area contributed by atoms with Crippen molar-refractivity contribution in [3.05, 3.63) is 29.8 Å². The first-order valence-electron chi connectivity index (χ1n) is 8.45. The Morgan fingerprint density at radius 1 is 1.20 bits per heavy atom. The molecule has 0 radical (unpaired) electrons. The van der Waals surface area contributed by atoms with Gasteiger partial charge < -0.3 is 21.1 Å². The first-order valence-corrected chi connectivity index (χ1v) is 8.45. The van der Waals surface area contributed by atoms with Gasteiger partial charge in [-0.25, -0.2) is 0 Å². The molecule has 142 valence electrons. The zero-order valence-corrected chi connectivity index (χ0v) is 17.7. The maximum Gasteiger partial charge on any atom is 0.255 e. The SMILES string of the molecule is CN=C(NCCCC(C)C)NCCc1ccc(OCC(N)=O)cc1.I. The largest absolute Gasteiger partial charge is 0.484 e. The smallest absolute Gasteiger partial charge is 0.255 e. The average molecular weight is 462 g/mol. The minimum Gasteiger partial charge on any atom is -0.484 e. The normalized spacial score (nSPS) is 11.0. The topological polar surface area (TPSA) is 88.7 Å². The second-order valence-corrected chi connectivity index (χ2v) is 6.11. The lowest BCUT2D eigenvalue weighted by molar-refractivity contribution is -0.119. The van der Waals surface area contributed by atoms with E-state index in [-0.39, 0.29) is 30.6 Å². The van der Waals surface area contributed by atoms with Crippen LogP contribution in [0.3, 0.4) is 0 Å². The molecule has 0 aliphatic heterocycles. The molecule has 0 unspecified atom stereocenters. The summed E-state index contributed by atoms with van der Waals surface area (Å²) >= 11 is 0. The predicted molar refractivity (Wildman–Crippen MR) is 114 cm³/mol. The molecule has 0 fully saturated rings. The molecule has 0 spiro atoms. The maximum atomic E-state index is 10.7. The van der Waals surface area contributed by atoms with Crippen molar-refractivity contribution < 1.29 is 9.53 Å². The van der Waals surface area contributed by atoms with E-state index >= 15 is 0 Å². The van der Waals surface area contributed by atoms with Crippen molar-refractivity contribution in [3.8, 4) is 5.75 Å². The molecule has 0 aromatic heterocycles. The van der Waals surface area contributed by atoms with E-state index in [2.05, 4.69) is 29.5 Å². The van der Waals surface area contributed by atoms with Gasteiger partial charge in [0.1, 0.15) is 5.75 Å². The van der Waals surface area contributed by atoms with E-state index in [1.54, 1.807) is 7.05 Å². The fourth-order valence-corrected chi connectivity index (χ4v) is 2.17. The number of hydrogen-bond donors (Lipinski definition) is 3. The number of hydrogen-bond acceptors (Lipinski definition) is 3. The zero-order chi connectivity index (χ0) is 17.8. The number of amides is 1. The lowest BCUT2D eigenvalue weighted by atomic mass is 10.1. The van der Waals surface area contributed by atoms with Crippen LogP contribution in [-0.4, -0.2) is 38.6 Å². The molecule has 0 saturated heterocycles. The van der Waals surface area contributed by atoms with Crippen molar-refractivity contribution in [2.45, 2.75) is 33.1 Å². The molecule has 0 aliphatic rings. The molecule has 0 saturated carbocycles. The molecular weight excluding hydrogens is 431 g/mol. The molecule has 1 aromatic carbocycles. The lowest BCUT2D eigenvalue weighted by Crippen LogP contribution is -2.38. The first-order chi connectivity index (χ1) is 11.5. The third-order valence-electron chi connectivity index (χ3n) is 3.48. The monoisotopic (exact) mass is 462 g/mol. The van der Waals surface area contributed by atoms with Crippen LogP contribution in [-0.2, 0) is 11.2 Å². The Labute approximate surface area is 168 Å². The summed E-state index contributed by atoms with van der Waals surface area (Å²) in [7, 11) is 1.78. The number of nitrogens with one attached hydrogen (secondary N) is 2. The fraction of sp³-hybridized carbons (Fsp3) is 0.556. The van der Waals surface area contributed by atoms with Gasteiger partial charge in [0.25, 0.3) is 5.91 Å². The molecular formula is C18H31IN4O2. The summed E-state index contributed by atoms with van der Waals surface area (Å²) in [4.78, 5) is 14.9. The van der Waals surface area contributed by atoms with Gasteiger partial charge in [-0.05, 0) is 42.9 Å². The minimum absolute atomic E-state index is 0. The van der Waals surface area contributed by atoms with Crippen LogP contribution in [0, 0.1) is 5.92 Å². The summed E-state index contributed by atoms with van der Waals surface area (Å²) < 4.78 is 5.23. The summed E-state index contributed by atoms with van der Waals surface area (Å²) in [5.74, 6) is 1.74. The average Bonchev–Trinajstić information content (AvgIpc) is 2.56. The number of primary amides is 1. The lowest BCUT2D eigenvalue weighted by Gasteiger charge is -2.12. The summed E-state index contributed by atoms with van der Waals surface area (Å²) in [6, 6.07) is 7.65. The van der Waals surface area contributed by atoms with Gasteiger partial charge in [0, 0.05) is 20.1 Å². The highest BCUT2D eigenvalue weighted by molar-refractivity contribution is 14.0. The highest BCUT2D eigenvalue weighted by Crippen LogP contribution is 2.12. The maximum absolute atomic E-state index is 10.7. The molecule has 25 heavy (non-hydrogen) atoms. The Kier molecular flexibility index (Phi) is 12.9. The Hall–Kier alpha value is -1.51. The van der Waals surface area contributed by atoms with Gasteiger partial charge in [0.15, 0.2) is 12.6 Å². The quantitative estimate of drug-likeness (QED) is 0.216. The number of carbonyl (C=O) groups is 1. The standard InChI is InChI=1S/C18H30N4O2.HI/c1-14(2)5-4-11-21-18(20-3)22-12-10-15-6-8-16(9-7-15)24-13-17(19)23;/h6-9,14H,4-5,10-13H2,1-3H3,(H2,19,23)(H2,20,21,22);1H. The van der Waals surface area contributed by atoms with E-state index in [4.69, 9.17) is 10.5 Å². The second-order valence-electron chi connectivity index (χ2n) is 6.11. The van der Waals surface area contributed by atoms with Crippen molar-refractivity contribution >= 4 is 35.8 Å². The van der Waals surface area contributed by atoms with Crippen molar-refractivity contribution in [1.29, 1.82) is 0 Å². The van der Waals surface area contributed by atoms with E-state index in [0.29, 0.717) is 5.75 Å².